The second-order valence-electron chi connectivity index (χ2n) is 5.43. The minimum atomic E-state index is -1.25. The molecule has 5 nitrogen and oxygen atoms in total. The van der Waals surface area contributed by atoms with Gasteiger partial charge in [-0.2, -0.15) is 0 Å². The maximum absolute atomic E-state index is 12.7. The van der Waals surface area contributed by atoms with E-state index in [2.05, 4.69) is 5.32 Å². The lowest BCUT2D eigenvalue weighted by molar-refractivity contribution is -0.122. The molecule has 0 saturated heterocycles. The lowest BCUT2D eigenvalue weighted by Gasteiger charge is -2.21. The SMILES string of the molecule is CC(O)(CNC(=O)CCCOc1ccc(F)cc1)c1ccco1. The van der Waals surface area contributed by atoms with E-state index in [4.69, 9.17) is 9.15 Å². The minimum Gasteiger partial charge on any atom is -0.494 e. The summed E-state index contributed by atoms with van der Waals surface area (Å²) in [5.74, 6) is 0.463. The Balaban J connectivity index is 1.64. The lowest BCUT2D eigenvalue weighted by atomic mass is 10.0. The molecule has 0 aliphatic rings. The molecule has 1 heterocycles. The zero-order valence-corrected chi connectivity index (χ0v) is 12.9. The molecule has 1 atom stereocenters. The normalized spacial score (nSPS) is 13.3. The summed E-state index contributed by atoms with van der Waals surface area (Å²) >= 11 is 0. The second kappa shape index (κ2) is 7.78. The number of furan rings is 1. The van der Waals surface area contributed by atoms with E-state index in [1.54, 1.807) is 19.1 Å². The van der Waals surface area contributed by atoms with Crippen molar-refractivity contribution in [3.8, 4) is 5.75 Å². The topological polar surface area (TPSA) is 71.7 Å². The van der Waals surface area contributed by atoms with Crippen LogP contribution >= 0.6 is 0 Å². The molecule has 124 valence electrons. The van der Waals surface area contributed by atoms with Gasteiger partial charge in [-0.15, -0.1) is 0 Å². The predicted octanol–water partition coefficient (Wildman–Crippen LogP) is 2.60. The van der Waals surface area contributed by atoms with Gasteiger partial charge in [-0.3, -0.25) is 4.79 Å². The van der Waals surface area contributed by atoms with Crippen molar-refractivity contribution in [1.29, 1.82) is 0 Å². The number of halogens is 1. The summed E-state index contributed by atoms with van der Waals surface area (Å²) in [4.78, 5) is 11.8. The van der Waals surface area contributed by atoms with Gasteiger partial charge in [-0.1, -0.05) is 0 Å². The maximum atomic E-state index is 12.7. The zero-order valence-electron chi connectivity index (χ0n) is 12.9. The fourth-order valence-electron chi connectivity index (χ4n) is 1.98. The molecular formula is C17H20FNO4. The summed E-state index contributed by atoms with van der Waals surface area (Å²) in [5.41, 5.74) is -1.25. The molecule has 0 saturated carbocycles. The number of aliphatic hydroxyl groups is 1. The predicted molar refractivity (Wildman–Crippen MR) is 82.4 cm³/mol. The maximum Gasteiger partial charge on any atom is 0.220 e. The molecule has 1 amide bonds. The van der Waals surface area contributed by atoms with Gasteiger partial charge in [0.05, 0.1) is 19.4 Å². The molecule has 0 fully saturated rings. The highest BCUT2D eigenvalue weighted by Gasteiger charge is 2.26. The monoisotopic (exact) mass is 321 g/mol. The van der Waals surface area contributed by atoms with E-state index in [0.717, 1.165) is 0 Å². The van der Waals surface area contributed by atoms with Crippen LogP contribution in [0.15, 0.2) is 47.1 Å². The first-order valence-electron chi connectivity index (χ1n) is 7.39. The molecule has 6 heteroatoms. The number of carbonyl (C=O) groups excluding carboxylic acids is 1. The largest absolute Gasteiger partial charge is 0.494 e. The standard InChI is InChI=1S/C17H20FNO4/c1-17(21,15-4-2-11-23-15)12-19-16(20)5-3-10-22-14-8-6-13(18)7-9-14/h2,4,6-9,11,21H,3,5,10,12H2,1H3,(H,19,20). The Bertz CT molecular complexity index is 608. The molecule has 0 radical (unpaired) electrons. The second-order valence-corrected chi connectivity index (χ2v) is 5.43. The van der Waals surface area contributed by atoms with Crippen molar-refractivity contribution in [1.82, 2.24) is 5.32 Å². The molecule has 1 aromatic carbocycles. The van der Waals surface area contributed by atoms with Crippen molar-refractivity contribution in [3.05, 3.63) is 54.2 Å². The Morgan fingerprint density at radius 2 is 2.09 bits per heavy atom. The zero-order chi connectivity index (χ0) is 16.7. The number of nitrogens with one attached hydrogen (secondary N) is 1. The van der Waals surface area contributed by atoms with E-state index in [1.165, 1.54) is 30.5 Å². The molecular weight excluding hydrogens is 301 g/mol. The summed E-state index contributed by atoms with van der Waals surface area (Å²) in [6.07, 6.45) is 2.26. The Morgan fingerprint density at radius 1 is 1.35 bits per heavy atom. The highest BCUT2D eigenvalue weighted by molar-refractivity contribution is 5.75. The fourth-order valence-corrected chi connectivity index (χ4v) is 1.98. The van der Waals surface area contributed by atoms with Gasteiger partial charge in [0.15, 0.2) is 0 Å². The van der Waals surface area contributed by atoms with Crippen LogP contribution in [0.1, 0.15) is 25.5 Å². The molecule has 0 spiro atoms. The van der Waals surface area contributed by atoms with Crippen molar-refractivity contribution < 1.29 is 23.4 Å². The third-order valence-electron chi connectivity index (χ3n) is 3.31. The molecule has 2 aromatic rings. The first-order valence-corrected chi connectivity index (χ1v) is 7.39. The average molecular weight is 321 g/mol. The number of ether oxygens (including phenoxy) is 1. The van der Waals surface area contributed by atoms with Gasteiger partial charge < -0.3 is 19.6 Å². The van der Waals surface area contributed by atoms with E-state index < -0.39 is 5.60 Å². The van der Waals surface area contributed by atoms with Gasteiger partial charge in [-0.05, 0) is 49.7 Å². The van der Waals surface area contributed by atoms with Gasteiger partial charge in [-0.25, -0.2) is 4.39 Å². The van der Waals surface area contributed by atoms with Crippen LogP contribution in [0.4, 0.5) is 4.39 Å². The highest BCUT2D eigenvalue weighted by Crippen LogP contribution is 2.19. The van der Waals surface area contributed by atoms with E-state index in [9.17, 15) is 14.3 Å². The van der Waals surface area contributed by atoms with E-state index in [-0.39, 0.29) is 24.7 Å². The minimum absolute atomic E-state index is 0.0676. The Morgan fingerprint density at radius 3 is 2.74 bits per heavy atom. The first kappa shape index (κ1) is 17.0. The molecule has 23 heavy (non-hydrogen) atoms. The van der Waals surface area contributed by atoms with Crippen molar-refractivity contribution in [2.45, 2.75) is 25.4 Å². The molecule has 0 bridgehead atoms. The van der Waals surface area contributed by atoms with E-state index in [0.29, 0.717) is 24.5 Å². The summed E-state index contributed by atoms with van der Waals surface area (Å²) in [7, 11) is 0. The number of carbonyl (C=O) groups is 1. The molecule has 2 rings (SSSR count). The van der Waals surface area contributed by atoms with Crippen LogP contribution in [0.2, 0.25) is 0 Å². The van der Waals surface area contributed by atoms with Crippen LogP contribution in [0.3, 0.4) is 0 Å². The first-order chi connectivity index (χ1) is 11.0. The van der Waals surface area contributed by atoms with Crippen LogP contribution in [-0.2, 0) is 10.4 Å². The van der Waals surface area contributed by atoms with Gasteiger partial charge in [0.25, 0.3) is 0 Å². The van der Waals surface area contributed by atoms with Crippen LogP contribution in [-0.4, -0.2) is 24.2 Å². The molecule has 0 aliphatic carbocycles. The molecule has 0 aliphatic heterocycles. The Hall–Kier alpha value is -2.34. The summed E-state index contributed by atoms with van der Waals surface area (Å²) in [5, 5.41) is 12.9. The van der Waals surface area contributed by atoms with Crippen LogP contribution in [0, 0.1) is 5.82 Å². The van der Waals surface area contributed by atoms with Crippen LogP contribution < -0.4 is 10.1 Å². The van der Waals surface area contributed by atoms with E-state index in [1.807, 2.05) is 0 Å². The number of amides is 1. The Kier molecular flexibility index (Phi) is 5.76. The Labute approximate surface area is 134 Å². The number of rotatable bonds is 8. The molecule has 2 N–H and O–H groups in total. The highest BCUT2D eigenvalue weighted by atomic mass is 19.1. The van der Waals surface area contributed by atoms with Gasteiger partial charge >= 0.3 is 0 Å². The van der Waals surface area contributed by atoms with Crippen molar-refractivity contribution in [2.24, 2.45) is 0 Å². The third-order valence-corrected chi connectivity index (χ3v) is 3.31. The number of hydrogen-bond acceptors (Lipinski definition) is 4. The average Bonchev–Trinajstić information content (AvgIpc) is 3.07. The summed E-state index contributed by atoms with van der Waals surface area (Å²) in [6, 6.07) is 9.05. The van der Waals surface area contributed by atoms with Crippen molar-refractivity contribution >= 4 is 5.91 Å². The number of benzene rings is 1. The smallest absolute Gasteiger partial charge is 0.220 e. The van der Waals surface area contributed by atoms with E-state index >= 15 is 0 Å². The van der Waals surface area contributed by atoms with Gasteiger partial charge in [0.1, 0.15) is 22.9 Å². The summed E-state index contributed by atoms with van der Waals surface area (Å²) in [6.45, 7) is 2.00. The van der Waals surface area contributed by atoms with Crippen molar-refractivity contribution in [2.75, 3.05) is 13.2 Å². The summed E-state index contributed by atoms with van der Waals surface area (Å²) < 4.78 is 23.3. The lowest BCUT2D eigenvalue weighted by Crippen LogP contribution is -2.38. The van der Waals surface area contributed by atoms with Crippen molar-refractivity contribution in [3.63, 3.8) is 0 Å². The van der Waals surface area contributed by atoms with Crippen LogP contribution in [0.25, 0.3) is 0 Å². The molecule has 1 aromatic heterocycles. The van der Waals surface area contributed by atoms with Crippen LogP contribution in [0.5, 0.6) is 5.75 Å². The fraction of sp³-hybridized carbons (Fsp3) is 0.353. The van der Waals surface area contributed by atoms with Gasteiger partial charge in [0, 0.05) is 6.42 Å². The third kappa shape index (κ3) is 5.41. The van der Waals surface area contributed by atoms with Gasteiger partial charge in [0.2, 0.25) is 5.91 Å². The number of hydrogen-bond donors (Lipinski definition) is 2. The quantitative estimate of drug-likeness (QED) is 0.733. The molecule has 1 unspecified atom stereocenters.